The Kier molecular flexibility index (Phi) is 3.09. The van der Waals surface area contributed by atoms with Gasteiger partial charge in [-0.15, -0.1) is 0 Å². The molecule has 0 amide bonds. The van der Waals surface area contributed by atoms with Gasteiger partial charge in [-0.3, -0.25) is 0 Å². The number of hydrogen-bond donors (Lipinski definition) is 1. The van der Waals surface area contributed by atoms with Crippen LogP contribution in [0.15, 0.2) is 0 Å². The number of ether oxygens (including phenoxy) is 1. The molecule has 0 aliphatic heterocycles. The molecule has 2 fully saturated rings. The fraction of sp³-hybridized carbons (Fsp3) is 1.00. The van der Waals surface area contributed by atoms with Crippen molar-refractivity contribution in [2.75, 3.05) is 0 Å². The van der Waals surface area contributed by atoms with Crippen molar-refractivity contribution in [2.45, 2.75) is 78.0 Å². The van der Waals surface area contributed by atoms with Crippen LogP contribution < -0.4 is 5.73 Å². The van der Waals surface area contributed by atoms with Crippen LogP contribution in [-0.4, -0.2) is 18.2 Å². The van der Waals surface area contributed by atoms with Crippen molar-refractivity contribution < 1.29 is 4.74 Å². The topological polar surface area (TPSA) is 35.2 Å². The van der Waals surface area contributed by atoms with Crippen LogP contribution in [0.2, 0.25) is 0 Å². The minimum absolute atomic E-state index is 0.187. The Morgan fingerprint density at radius 3 is 2.06 bits per heavy atom. The van der Waals surface area contributed by atoms with Crippen molar-refractivity contribution in [3.63, 3.8) is 0 Å². The maximum Gasteiger partial charge on any atom is 0.0659 e. The second kappa shape index (κ2) is 3.99. The molecule has 0 aromatic rings. The number of rotatable bonds is 2. The summed E-state index contributed by atoms with van der Waals surface area (Å²) in [6.07, 6.45) is 7.00. The quantitative estimate of drug-likeness (QED) is 0.783. The van der Waals surface area contributed by atoms with E-state index in [1.165, 1.54) is 25.7 Å². The van der Waals surface area contributed by atoms with Gasteiger partial charge in [0.2, 0.25) is 0 Å². The molecule has 2 aliphatic rings. The van der Waals surface area contributed by atoms with Crippen molar-refractivity contribution in [1.82, 2.24) is 0 Å². The lowest BCUT2D eigenvalue weighted by Crippen LogP contribution is -2.59. The third kappa shape index (κ3) is 2.28. The molecule has 2 unspecified atom stereocenters. The summed E-state index contributed by atoms with van der Waals surface area (Å²) < 4.78 is 6.23. The number of nitrogens with two attached hydrogens (primary N) is 1. The van der Waals surface area contributed by atoms with E-state index >= 15 is 0 Å². The summed E-state index contributed by atoms with van der Waals surface area (Å²) in [7, 11) is 0. The summed E-state index contributed by atoms with van der Waals surface area (Å²) in [6, 6.07) is 0.331. The summed E-state index contributed by atoms with van der Waals surface area (Å²) in [5, 5.41) is 0. The minimum Gasteiger partial charge on any atom is -0.374 e. The smallest absolute Gasteiger partial charge is 0.0659 e. The van der Waals surface area contributed by atoms with Crippen molar-refractivity contribution in [1.29, 1.82) is 0 Å². The van der Waals surface area contributed by atoms with Gasteiger partial charge in [-0.25, -0.2) is 0 Å². The van der Waals surface area contributed by atoms with Crippen LogP contribution >= 0.6 is 0 Å². The second-order valence-corrected chi connectivity index (χ2v) is 7.15. The highest BCUT2D eigenvalue weighted by Crippen LogP contribution is 2.44. The van der Waals surface area contributed by atoms with Gasteiger partial charge in [0, 0.05) is 11.5 Å². The molecule has 2 saturated carbocycles. The summed E-state index contributed by atoms with van der Waals surface area (Å²) in [5.41, 5.74) is 6.74. The van der Waals surface area contributed by atoms with Gasteiger partial charge in [0.25, 0.3) is 0 Å². The van der Waals surface area contributed by atoms with Crippen molar-refractivity contribution in [3.05, 3.63) is 0 Å². The molecule has 0 bridgehead atoms. The predicted molar refractivity (Wildman–Crippen MR) is 67.3 cm³/mol. The third-order valence-corrected chi connectivity index (χ3v) is 4.90. The molecule has 0 aromatic carbocycles. The van der Waals surface area contributed by atoms with E-state index in [-0.39, 0.29) is 5.41 Å². The lowest BCUT2D eigenvalue weighted by molar-refractivity contribution is -0.151. The van der Waals surface area contributed by atoms with E-state index in [0.717, 1.165) is 6.42 Å². The zero-order valence-electron chi connectivity index (χ0n) is 11.3. The molecular formula is C14H27NO. The zero-order chi connectivity index (χ0) is 12.0. The third-order valence-electron chi connectivity index (χ3n) is 4.90. The Morgan fingerprint density at radius 1 is 1.06 bits per heavy atom. The van der Waals surface area contributed by atoms with Gasteiger partial charge >= 0.3 is 0 Å². The molecular weight excluding hydrogens is 198 g/mol. The Morgan fingerprint density at radius 2 is 1.62 bits per heavy atom. The second-order valence-electron chi connectivity index (χ2n) is 7.15. The fourth-order valence-electron chi connectivity index (χ4n) is 2.89. The molecule has 2 N–H and O–H groups in total. The maximum absolute atomic E-state index is 6.23. The van der Waals surface area contributed by atoms with Gasteiger partial charge in [0.05, 0.1) is 12.2 Å². The van der Waals surface area contributed by atoms with Gasteiger partial charge < -0.3 is 10.5 Å². The molecule has 2 atom stereocenters. The Balaban J connectivity index is 1.80. The van der Waals surface area contributed by atoms with Crippen LogP contribution in [-0.2, 0) is 4.74 Å². The molecule has 2 rings (SSSR count). The average molecular weight is 225 g/mol. The molecule has 2 aliphatic carbocycles. The molecule has 2 nitrogen and oxygen atoms in total. The van der Waals surface area contributed by atoms with E-state index in [2.05, 4.69) is 27.7 Å². The van der Waals surface area contributed by atoms with Crippen LogP contribution in [0.3, 0.4) is 0 Å². The SMILES string of the molecule is CC1(C)CCC(OC2CC(N)C2(C)C)CC1. The minimum atomic E-state index is 0.187. The van der Waals surface area contributed by atoms with Crippen LogP contribution in [0.5, 0.6) is 0 Å². The first-order chi connectivity index (χ1) is 7.31. The highest BCUT2D eigenvalue weighted by molar-refractivity contribution is 5.01. The molecule has 94 valence electrons. The molecule has 16 heavy (non-hydrogen) atoms. The van der Waals surface area contributed by atoms with Crippen molar-refractivity contribution >= 4 is 0 Å². The zero-order valence-corrected chi connectivity index (χ0v) is 11.3. The van der Waals surface area contributed by atoms with Crippen LogP contribution in [0.1, 0.15) is 59.8 Å². The average Bonchev–Trinajstić information content (AvgIpc) is 2.20. The first-order valence-corrected chi connectivity index (χ1v) is 6.72. The van der Waals surface area contributed by atoms with E-state index in [4.69, 9.17) is 10.5 Å². The largest absolute Gasteiger partial charge is 0.374 e. The molecule has 0 aromatic heterocycles. The summed E-state index contributed by atoms with van der Waals surface area (Å²) in [5.74, 6) is 0. The molecule has 0 saturated heterocycles. The molecule has 0 spiro atoms. The van der Waals surface area contributed by atoms with Gasteiger partial charge in [0.1, 0.15) is 0 Å². The van der Waals surface area contributed by atoms with Gasteiger partial charge in [-0.05, 0) is 37.5 Å². The Bertz CT molecular complexity index is 249. The van der Waals surface area contributed by atoms with E-state index < -0.39 is 0 Å². The lowest BCUT2D eigenvalue weighted by atomic mass is 9.65. The highest BCUT2D eigenvalue weighted by Gasteiger charge is 2.48. The summed E-state index contributed by atoms with van der Waals surface area (Å²) >= 11 is 0. The summed E-state index contributed by atoms with van der Waals surface area (Å²) in [6.45, 7) is 9.20. The number of hydrogen-bond acceptors (Lipinski definition) is 2. The van der Waals surface area contributed by atoms with E-state index in [9.17, 15) is 0 Å². The van der Waals surface area contributed by atoms with Crippen molar-refractivity contribution in [2.24, 2.45) is 16.6 Å². The Hall–Kier alpha value is -0.0800. The molecule has 0 radical (unpaired) electrons. The maximum atomic E-state index is 6.23. The van der Waals surface area contributed by atoms with E-state index in [1.54, 1.807) is 0 Å². The van der Waals surface area contributed by atoms with Crippen LogP contribution in [0, 0.1) is 10.8 Å². The molecule has 0 heterocycles. The van der Waals surface area contributed by atoms with Gasteiger partial charge in [-0.1, -0.05) is 27.7 Å². The van der Waals surface area contributed by atoms with E-state index in [0.29, 0.717) is 23.7 Å². The summed E-state index contributed by atoms with van der Waals surface area (Å²) in [4.78, 5) is 0. The first kappa shape index (κ1) is 12.4. The fourth-order valence-corrected chi connectivity index (χ4v) is 2.89. The Labute approximate surface area is 99.9 Å². The van der Waals surface area contributed by atoms with Crippen molar-refractivity contribution in [3.8, 4) is 0 Å². The lowest BCUT2D eigenvalue weighted by Gasteiger charge is -2.51. The normalized spacial score (nSPS) is 38.1. The standard InChI is InChI=1S/C14H27NO/c1-13(2)7-5-10(6-8-13)16-12-9-11(15)14(12,3)4/h10-12H,5-9,15H2,1-4H3. The monoisotopic (exact) mass is 225 g/mol. The van der Waals surface area contributed by atoms with Crippen LogP contribution in [0.25, 0.3) is 0 Å². The van der Waals surface area contributed by atoms with Crippen LogP contribution in [0.4, 0.5) is 0 Å². The van der Waals surface area contributed by atoms with Gasteiger partial charge in [0.15, 0.2) is 0 Å². The molecule has 2 heteroatoms. The van der Waals surface area contributed by atoms with E-state index in [1.807, 2.05) is 0 Å². The highest BCUT2D eigenvalue weighted by atomic mass is 16.5. The predicted octanol–water partition coefficient (Wildman–Crippen LogP) is 3.10. The van der Waals surface area contributed by atoms with Gasteiger partial charge in [-0.2, -0.15) is 0 Å². The first-order valence-electron chi connectivity index (χ1n) is 6.72.